The molecule has 0 aliphatic carbocycles. The molecule has 4 aromatic rings. The predicted octanol–water partition coefficient (Wildman–Crippen LogP) is 6.11. The van der Waals surface area contributed by atoms with Crippen molar-refractivity contribution < 1.29 is 14.9 Å². The fourth-order valence-electron chi connectivity index (χ4n) is 3.46. The van der Waals surface area contributed by atoms with Crippen LogP contribution in [0.5, 0.6) is 17.2 Å². The third-order valence-electron chi connectivity index (χ3n) is 4.81. The molecule has 3 nitrogen and oxygen atoms in total. The Balaban J connectivity index is 1.89. The number of hydrogen-bond acceptors (Lipinski definition) is 3. The molecule has 3 heteroatoms. The summed E-state index contributed by atoms with van der Waals surface area (Å²) in [6, 6.07) is 28.3. The van der Waals surface area contributed by atoms with Crippen molar-refractivity contribution in [1.29, 1.82) is 0 Å². The van der Waals surface area contributed by atoms with E-state index in [9.17, 15) is 10.2 Å². The topological polar surface area (TPSA) is 49.7 Å². The number of methoxy groups -OCH3 is 1. The monoisotopic (exact) mass is 368 g/mol. The van der Waals surface area contributed by atoms with E-state index < -0.39 is 0 Å². The smallest absolute Gasteiger partial charge is 0.126 e. The first-order valence-corrected chi connectivity index (χ1v) is 9.03. The van der Waals surface area contributed by atoms with Crippen LogP contribution in [0, 0.1) is 0 Å². The van der Waals surface area contributed by atoms with Gasteiger partial charge in [-0.2, -0.15) is 0 Å². The van der Waals surface area contributed by atoms with Gasteiger partial charge in [-0.05, 0) is 34.9 Å². The number of benzene rings is 4. The maximum absolute atomic E-state index is 10.8. The Hall–Kier alpha value is -3.72. The average Bonchev–Trinajstić information content (AvgIpc) is 2.75. The number of phenols is 2. The van der Waals surface area contributed by atoms with Gasteiger partial charge in [-0.1, -0.05) is 72.8 Å². The zero-order valence-electron chi connectivity index (χ0n) is 15.5. The molecule has 0 spiro atoms. The van der Waals surface area contributed by atoms with E-state index in [0.29, 0.717) is 11.1 Å². The number of para-hydroxylation sites is 1. The molecule has 138 valence electrons. The van der Waals surface area contributed by atoms with Crippen LogP contribution >= 0.6 is 0 Å². The lowest BCUT2D eigenvalue weighted by molar-refractivity contribution is 0.416. The Morgan fingerprint density at radius 3 is 1.71 bits per heavy atom. The predicted molar refractivity (Wildman–Crippen MR) is 113 cm³/mol. The quantitative estimate of drug-likeness (QED) is 0.427. The zero-order chi connectivity index (χ0) is 19.5. The molecule has 2 N–H and O–H groups in total. The lowest BCUT2D eigenvalue weighted by Crippen LogP contribution is -1.91. The van der Waals surface area contributed by atoms with E-state index in [2.05, 4.69) is 0 Å². The molecule has 0 aliphatic heterocycles. The summed E-state index contributed by atoms with van der Waals surface area (Å²) in [6.07, 6.45) is 0. The highest BCUT2D eigenvalue weighted by molar-refractivity contribution is 5.90. The van der Waals surface area contributed by atoms with Crippen LogP contribution in [0.25, 0.3) is 33.4 Å². The van der Waals surface area contributed by atoms with Crippen molar-refractivity contribution in [1.82, 2.24) is 0 Å². The van der Waals surface area contributed by atoms with Crippen LogP contribution in [-0.4, -0.2) is 17.3 Å². The van der Waals surface area contributed by atoms with E-state index in [4.69, 9.17) is 4.74 Å². The molecule has 0 amide bonds. The number of ether oxygens (including phenoxy) is 1. The molecule has 4 rings (SSSR count). The van der Waals surface area contributed by atoms with Gasteiger partial charge in [0.15, 0.2) is 0 Å². The molecule has 0 unspecified atom stereocenters. The van der Waals surface area contributed by atoms with Crippen molar-refractivity contribution >= 4 is 0 Å². The molecule has 0 atom stereocenters. The minimum atomic E-state index is 0.110. The first-order valence-electron chi connectivity index (χ1n) is 9.03. The van der Waals surface area contributed by atoms with Crippen molar-refractivity contribution in [3.05, 3.63) is 91.0 Å². The minimum absolute atomic E-state index is 0.110. The molecular formula is C25H20O3. The van der Waals surface area contributed by atoms with Crippen molar-refractivity contribution in [2.75, 3.05) is 7.11 Å². The van der Waals surface area contributed by atoms with Crippen LogP contribution in [0.2, 0.25) is 0 Å². The van der Waals surface area contributed by atoms with Gasteiger partial charge in [0, 0.05) is 16.7 Å². The van der Waals surface area contributed by atoms with Crippen LogP contribution < -0.4 is 4.74 Å². The minimum Gasteiger partial charge on any atom is -0.507 e. The normalized spacial score (nSPS) is 10.6. The SMILES string of the molecule is COc1ccccc1-c1ccccc1-c1cc(O)c(-c2ccccc2)cc1O. The van der Waals surface area contributed by atoms with Crippen LogP contribution in [0.3, 0.4) is 0 Å². The Labute approximate surface area is 164 Å². The molecule has 0 heterocycles. The Morgan fingerprint density at radius 2 is 1.04 bits per heavy atom. The molecular weight excluding hydrogens is 348 g/mol. The Morgan fingerprint density at radius 1 is 0.536 bits per heavy atom. The van der Waals surface area contributed by atoms with Crippen molar-refractivity contribution in [3.8, 4) is 50.6 Å². The van der Waals surface area contributed by atoms with Gasteiger partial charge in [-0.15, -0.1) is 0 Å². The van der Waals surface area contributed by atoms with Crippen LogP contribution in [0.15, 0.2) is 91.0 Å². The highest BCUT2D eigenvalue weighted by Crippen LogP contribution is 2.44. The summed E-state index contributed by atoms with van der Waals surface area (Å²) in [5, 5.41) is 21.4. The van der Waals surface area contributed by atoms with Gasteiger partial charge in [0.2, 0.25) is 0 Å². The summed E-state index contributed by atoms with van der Waals surface area (Å²) in [7, 11) is 1.64. The van der Waals surface area contributed by atoms with Gasteiger partial charge in [0.1, 0.15) is 17.2 Å². The van der Waals surface area contributed by atoms with Crippen LogP contribution in [0.1, 0.15) is 0 Å². The van der Waals surface area contributed by atoms with Crippen LogP contribution in [-0.2, 0) is 0 Å². The maximum Gasteiger partial charge on any atom is 0.126 e. The van der Waals surface area contributed by atoms with Crippen molar-refractivity contribution in [3.63, 3.8) is 0 Å². The van der Waals surface area contributed by atoms with Crippen molar-refractivity contribution in [2.45, 2.75) is 0 Å². The average molecular weight is 368 g/mol. The summed E-state index contributed by atoms with van der Waals surface area (Å²) in [4.78, 5) is 0. The van der Waals surface area contributed by atoms with Gasteiger partial charge >= 0.3 is 0 Å². The molecule has 0 saturated heterocycles. The number of rotatable bonds is 4. The largest absolute Gasteiger partial charge is 0.507 e. The summed E-state index contributed by atoms with van der Waals surface area (Å²) in [5.74, 6) is 0.979. The van der Waals surface area contributed by atoms with Crippen molar-refractivity contribution in [2.24, 2.45) is 0 Å². The third-order valence-corrected chi connectivity index (χ3v) is 4.81. The highest BCUT2D eigenvalue weighted by Gasteiger charge is 2.16. The van der Waals surface area contributed by atoms with E-state index in [-0.39, 0.29) is 11.5 Å². The Bertz CT molecular complexity index is 1120. The fraction of sp³-hybridized carbons (Fsp3) is 0.0400. The summed E-state index contributed by atoms with van der Waals surface area (Å²) in [5.41, 5.74) is 4.67. The molecule has 0 fully saturated rings. The molecule has 0 aromatic heterocycles. The van der Waals surface area contributed by atoms with Crippen LogP contribution in [0.4, 0.5) is 0 Å². The standard InChI is InChI=1S/C25H20O3/c1-28-25-14-8-7-13-20(25)18-11-5-6-12-19(18)22-16-23(26)21(15-24(22)27)17-9-3-2-4-10-17/h2-16,26-27H,1H3. The van der Waals surface area contributed by atoms with E-state index >= 15 is 0 Å². The first kappa shape index (κ1) is 17.7. The van der Waals surface area contributed by atoms with E-state index in [0.717, 1.165) is 28.0 Å². The lowest BCUT2D eigenvalue weighted by atomic mass is 9.92. The molecule has 4 aromatic carbocycles. The fourth-order valence-corrected chi connectivity index (χ4v) is 3.46. The Kier molecular flexibility index (Phi) is 4.73. The number of phenolic OH excluding ortho intramolecular Hbond substituents is 2. The molecule has 28 heavy (non-hydrogen) atoms. The lowest BCUT2D eigenvalue weighted by Gasteiger charge is -2.16. The van der Waals surface area contributed by atoms with Gasteiger partial charge < -0.3 is 14.9 Å². The number of aromatic hydroxyl groups is 2. The van der Waals surface area contributed by atoms with E-state index in [1.807, 2.05) is 78.9 Å². The van der Waals surface area contributed by atoms with Gasteiger partial charge in [0.05, 0.1) is 7.11 Å². The summed E-state index contributed by atoms with van der Waals surface area (Å²) >= 11 is 0. The summed E-state index contributed by atoms with van der Waals surface area (Å²) < 4.78 is 5.51. The highest BCUT2D eigenvalue weighted by atomic mass is 16.5. The maximum atomic E-state index is 10.8. The third kappa shape index (κ3) is 3.19. The van der Waals surface area contributed by atoms with E-state index in [1.165, 1.54) is 0 Å². The van der Waals surface area contributed by atoms with Gasteiger partial charge in [-0.3, -0.25) is 0 Å². The summed E-state index contributed by atoms with van der Waals surface area (Å²) in [6.45, 7) is 0. The molecule has 0 aliphatic rings. The second kappa shape index (κ2) is 7.49. The molecule has 0 saturated carbocycles. The van der Waals surface area contributed by atoms with Gasteiger partial charge in [0.25, 0.3) is 0 Å². The first-order chi connectivity index (χ1) is 13.7. The molecule has 0 bridgehead atoms. The van der Waals surface area contributed by atoms with Gasteiger partial charge in [-0.25, -0.2) is 0 Å². The second-order valence-corrected chi connectivity index (χ2v) is 6.50. The second-order valence-electron chi connectivity index (χ2n) is 6.50. The number of hydrogen-bond donors (Lipinski definition) is 2. The van der Waals surface area contributed by atoms with E-state index in [1.54, 1.807) is 19.2 Å². The molecule has 0 radical (unpaired) electrons. The zero-order valence-corrected chi connectivity index (χ0v) is 15.5.